The van der Waals surface area contributed by atoms with Crippen molar-refractivity contribution in [3.05, 3.63) is 35.0 Å². The van der Waals surface area contributed by atoms with Gasteiger partial charge in [0.25, 0.3) is 0 Å². The van der Waals surface area contributed by atoms with Crippen molar-refractivity contribution < 1.29 is 14.2 Å². The van der Waals surface area contributed by atoms with Gasteiger partial charge in [-0.3, -0.25) is 5.43 Å². The van der Waals surface area contributed by atoms with E-state index in [0.29, 0.717) is 28.2 Å². The van der Waals surface area contributed by atoms with E-state index >= 15 is 0 Å². The van der Waals surface area contributed by atoms with Gasteiger partial charge in [-0.25, -0.2) is 0 Å². The van der Waals surface area contributed by atoms with E-state index in [0.717, 1.165) is 5.56 Å². The number of nitrogens with zero attached hydrogens (tertiary/aromatic N) is 3. The Hall–Kier alpha value is -2.54. The minimum absolute atomic E-state index is 0.319. The molecular formula is C14H15ClN4O3. The van der Waals surface area contributed by atoms with Gasteiger partial charge in [0.2, 0.25) is 5.75 Å². The molecule has 0 amide bonds. The van der Waals surface area contributed by atoms with Crippen molar-refractivity contribution in [1.82, 2.24) is 10.2 Å². The molecule has 1 heterocycles. The molecule has 0 unspecified atom stereocenters. The van der Waals surface area contributed by atoms with Crippen molar-refractivity contribution in [2.75, 3.05) is 26.8 Å². The molecule has 2 aromatic rings. The van der Waals surface area contributed by atoms with Gasteiger partial charge in [0, 0.05) is 5.56 Å². The molecule has 0 saturated heterocycles. The van der Waals surface area contributed by atoms with Crippen molar-refractivity contribution in [3.8, 4) is 17.2 Å². The van der Waals surface area contributed by atoms with Gasteiger partial charge in [0.15, 0.2) is 22.5 Å². The quantitative estimate of drug-likeness (QED) is 0.650. The monoisotopic (exact) mass is 322 g/mol. The summed E-state index contributed by atoms with van der Waals surface area (Å²) in [5.74, 6) is 2.11. The lowest BCUT2D eigenvalue weighted by atomic mass is 10.2. The number of hydrazone groups is 1. The number of halogens is 1. The molecule has 0 atom stereocenters. The molecule has 22 heavy (non-hydrogen) atoms. The van der Waals surface area contributed by atoms with Gasteiger partial charge in [0.1, 0.15) is 0 Å². The van der Waals surface area contributed by atoms with E-state index in [4.69, 9.17) is 25.8 Å². The Labute approximate surface area is 132 Å². The molecule has 0 spiro atoms. The maximum absolute atomic E-state index is 5.66. The van der Waals surface area contributed by atoms with Crippen LogP contribution in [0.25, 0.3) is 0 Å². The minimum atomic E-state index is 0.319. The molecule has 0 fully saturated rings. The van der Waals surface area contributed by atoms with Gasteiger partial charge in [-0.05, 0) is 24.3 Å². The molecule has 0 aliphatic heterocycles. The first-order valence-electron chi connectivity index (χ1n) is 6.26. The van der Waals surface area contributed by atoms with E-state index in [1.165, 1.54) is 0 Å². The molecule has 1 aromatic carbocycles. The first-order chi connectivity index (χ1) is 10.7. The summed E-state index contributed by atoms with van der Waals surface area (Å²) >= 11 is 5.66. The average molecular weight is 323 g/mol. The molecule has 2 rings (SSSR count). The highest BCUT2D eigenvalue weighted by Crippen LogP contribution is 2.37. The van der Waals surface area contributed by atoms with E-state index in [1.54, 1.807) is 51.8 Å². The largest absolute Gasteiger partial charge is 0.493 e. The second kappa shape index (κ2) is 7.46. The Balaban J connectivity index is 2.18. The summed E-state index contributed by atoms with van der Waals surface area (Å²) < 4.78 is 15.8. The van der Waals surface area contributed by atoms with Gasteiger partial charge in [-0.1, -0.05) is 11.6 Å². The van der Waals surface area contributed by atoms with E-state index in [9.17, 15) is 0 Å². The third-order valence-corrected chi connectivity index (χ3v) is 2.91. The summed E-state index contributed by atoms with van der Waals surface area (Å²) in [6.07, 6.45) is 1.60. The van der Waals surface area contributed by atoms with Crippen molar-refractivity contribution in [1.29, 1.82) is 0 Å². The van der Waals surface area contributed by atoms with E-state index < -0.39 is 0 Å². The second-order valence-electron chi connectivity index (χ2n) is 4.07. The number of aromatic nitrogens is 2. The first kappa shape index (κ1) is 15.8. The normalized spacial score (nSPS) is 10.5. The van der Waals surface area contributed by atoms with E-state index in [2.05, 4.69) is 20.7 Å². The predicted molar refractivity (Wildman–Crippen MR) is 84.4 cm³/mol. The Kier molecular flexibility index (Phi) is 5.37. The summed E-state index contributed by atoms with van der Waals surface area (Å²) in [4.78, 5) is 0. The van der Waals surface area contributed by atoms with E-state index in [-0.39, 0.29) is 0 Å². The van der Waals surface area contributed by atoms with Gasteiger partial charge in [-0.2, -0.15) is 5.10 Å². The van der Waals surface area contributed by atoms with Crippen LogP contribution < -0.4 is 19.6 Å². The van der Waals surface area contributed by atoms with Crippen LogP contribution >= 0.6 is 11.6 Å². The predicted octanol–water partition coefficient (Wildman–Crippen LogP) is 2.60. The highest BCUT2D eigenvalue weighted by atomic mass is 35.5. The molecule has 8 heteroatoms. The van der Waals surface area contributed by atoms with Crippen molar-refractivity contribution in [2.45, 2.75) is 0 Å². The summed E-state index contributed by atoms with van der Waals surface area (Å²) in [5, 5.41) is 11.9. The fourth-order valence-corrected chi connectivity index (χ4v) is 1.83. The first-order valence-corrected chi connectivity index (χ1v) is 6.64. The lowest BCUT2D eigenvalue weighted by molar-refractivity contribution is 0.324. The van der Waals surface area contributed by atoms with Crippen LogP contribution in [0.1, 0.15) is 5.56 Å². The molecule has 0 saturated carbocycles. The lowest BCUT2D eigenvalue weighted by Gasteiger charge is -2.12. The van der Waals surface area contributed by atoms with Crippen LogP contribution in [0, 0.1) is 0 Å². The summed E-state index contributed by atoms with van der Waals surface area (Å²) in [7, 11) is 4.66. The number of hydrogen-bond donors (Lipinski definition) is 1. The number of benzene rings is 1. The summed E-state index contributed by atoms with van der Waals surface area (Å²) in [6.45, 7) is 0. The standard InChI is InChI=1S/C14H15ClN4O3/c1-20-10-6-9(7-11(21-2)14(10)22-3)8-16-18-13-5-4-12(15)17-19-13/h4-8H,1-3H3,(H,18,19)/b16-8+. The van der Waals surface area contributed by atoms with Crippen molar-refractivity contribution in [2.24, 2.45) is 5.10 Å². The average Bonchev–Trinajstić information content (AvgIpc) is 2.55. The zero-order valence-electron chi connectivity index (χ0n) is 12.3. The molecule has 0 bridgehead atoms. The molecule has 7 nitrogen and oxygen atoms in total. The van der Waals surface area contributed by atoms with Crippen LogP contribution in [0.3, 0.4) is 0 Å². The minimum Gasteiger partial charge on any atom is -0.493 e. The highest BCUT2D eigenvalue weighted by Gasteiger charge is 2.12. The number of nitrogens with one attached hydrogen (secondary N) is 1. The molecule has 0 aliphatic carbocycles. The van der Waals surface area contributed by atoms with Crippen molar-refractivity contribution >= 4 is 23.6 Å². The van der Waals surface area contributed by atoms with E-state index in [1.807, 2.05) is 0 Å². The SMILES string of the molecule is COc1cc(/C=N/Nc2ccc(Cl)nn2)cc(OC)c1OC. The van der Waals surface area contributed by atoms with Crippen LogP contribution in [0.15, 0.2) is 29.4 Å². The van der Waals surface area contributed by atoms with Crippen LogP contribution in [0.4, 0.5) is 5.82 Å². The van der Waals surface area contributed by atoms with Gasteiger partial charge >= 0.3 is 0 Å². The van der Waals surface area contributed by atoms with Crippen LogP contribution in [0.2, 0.25) is 5.15 Å². The molecule has 1 aromatic heterocycles. The maximum Gasteiger partial charge on any atom is 0.203 e. The molecule has 0 aliphatic rings. The van der Waals surface area contributed by atoms with Crippen LogP contribution in [0.5, 0.6) is 17.2 Å². The molecule has 1 N–H and O–H groups in total. The third kappa shape index (κ3) is 3.76. The summed E-state index contributed by atoms with van der Waals surface area (Å²) in [5.41, 5.74) is 3.52. The zero-order valence-corrected chi connectivity index (χ0v) is 13.1. The smallest absolute Gasteiger partial charge is 0.203 e. The van der Waals surface area contributed by atoms with Gasteiger partial charge < -0.3 is 14.2 Å². The van der Waals surface area contributed by atoms with Gasteiger partial charge in [0.05, 0.1) is 27.5 Å². The molecular weight excluding hydrogens is 308 g/mol. The molecule has 116 valence electrons. The fraction of sp³-hybridized carbons (Fsp3) is 0.214. The Bertz CT molecular complexity index is 637. The Morgan fingerprint density at radius 3 is 2.23 bits per heavy atom. The van der Waals surface area contributed by atoms with Crippen LogP contribution in [-0.2, 0) is 0 Å². The number of anilines is 1. The zero-order chi connectivity index (χ0) is 15.9. The second-order valence-corrected chi connectivity index (χ2v) is 4.46. The number of rotatable bonds is 6. The lowest BCUT2D eigenvalue weighted by Crippen LogP contribution is -1.98. The Morgan fingerprint density at radius 2 is 1.73 bits per heavy atom. The fourth-order valence-electron chi connectivity index (χ4n) is 1.72. The van der Waals surface area contributed by atoms with Crippen molar-refractivity contribution in [3.63, 3.8) is 0 Å². The van der Waals surface area contributed by atoms with Gasteiger partial charge in [-0.15, -0.1) is 10.2 Å². The maximum atomic E-state index is 5.66. The number of methoxy groups -OCH3 is 3. The number of hydrogen-bond acceptors (Lipinski definition) is 7. The topological polar surface area (TPSA) is 77.9 Å². The highest BCUT2D eigenvalue weighted by molar-refractivity contribution is 6.29. The summed E-state index contributed by atoms with van der Waals surface area (Å²) in [6, 6.07) is 6.84. The molecule has 0 radical (unpaired) electrons. The number of ether oxygens (including phenoxy) is 3. The Morgan fingerprint density at radius 1 is 1.05 bits per heavy atom. The van der Waals surface area contributed by atoms with Crippen LogP contribution in [-0.4, -0.2) is 37.7 Å². The third-order valence-electron chi connectivity index (χ3n) is 2.71.